The van der Waals surface area contributed by atoms with E-state index in [4.69, 9.17) is 18.9 Å². The molecule has 0 amide bonds. The first-order valence-corrected chi connectivity index (χ1v) is 14.7. The topological polar surface area (TPSA) is 169 Å². The van der Waals surface area contributed by atoms with Gasteiger partial charge in [0, 0.05) is 36.0 Å². The minimum atomic E-state index is -2.03. The molecule has 1 aliphatic heterocycles. The van der Waals surface area contributed by atoms with E-state index < -0.39 is 82.7 Å². The first kappa shape index (κ1) is 33.2. The number of ether oxygens (including phenoxy) is 4. The molecular formula is C35H38O11. The average Bonchev–Trinajstić information content (AvgIpc) is 3.01. The molecule has 0 bridgehead atoms. The van der Waals surface area contributed by atoms with E-state index in [0.29, 0.717) is 0 Å². The van der Waals surface area contributed by atoms with Crippen molar-refractivity contribution in [2.45, 2.75) is 83.5 Å². The molecule has 6 atom stereocenters. The number of fused-ring (bicyclic) bond motifs is 3. The molecule has 0 spiro atoms. The summed E-state index contributed by atoms with van der Waals surface area (Å²) < 4.78 is 23.5. The first-order chi connectivity index (χ1) is 21.4. The van der Waals surface area contributed by atoms with Crippen LogP contribution in [0.3, 0.4) is 0 Å². The van der Waals surface area contributed by atoms with E-state index in [1.54, 1.807) is 6.92 Å². The maximum Gasteiger partial charge on any atom is 0.202 e. The molecule has 6 rings (SSSR count). The molecule has 46 heavy (non-hydrogen) atoms. The predicted molar refractivity (Wildman–Crippen MR) is 164 cm³/mol. The Labute approximate surface area is 266 Å². The molecule has 4 N–H and O–H groups in total. The molecular weight excluding hydrogens is 596 g/mol. The van der Waals surface area contributed by atoms with Gasteiger partial charge in [0.1, 0.15) is 29.0 Å². The summed E-state index contributed by atoms with van der Waals surface area (Å²) in [5.74, 6) is -3.22. The summed E-state index contributed by atoms with van der Waals surface area (Å²) in [5, 5.41) is 45.5. The summed E-state index contributed by atoms with van der Waals surface area (Å²) in [6.07, 6.45) is -5.49. The maximum absolute atomic E-state index is 13.8. The normalized spacial score (nSPS) is 26.8. The van der Waals surface area contributed by atoms with Crippen LogP contribution >= 0.6 is 0 Å². The number of phenolic OH excluding ortho intramolecular Hbond substituents is 2. The van der Waals surface area contributed by atoms with E-state index in [9.17, 15) is 34.8 Å². The number of hydrogen-bond acceptors (Lipinski definition) is 11. The molecule has 1 fully saturated rings. The molecule has 0 radical (unpaired) electrons. The van der Waals surface area contributed by atoms with Crippen LogP contribution in [0, 0.1) is 0 Å². The second-order valence-electron chi connectivity index (χ2n) is 11.8. The lowest BCUT2D eigenvalue weighted by Gasteiger charge is -2.42. The molecule has 3 aliphatic rings. The van der Waals surface area contributed by atoms with Gasteiger partial charge in [0.2, 0.25) is 5.78 Å². The molecule has 3 aromatic carbocycles. The summed E-state index contributed by atoms with van der Waals surface area (Å²) in [6, 6.07) is 13.9. The van der Waals surface area contributed by atoms with E-state index >= 15 is 0 Å². The summed E-state index contributed by atoms with van der Waals surface area (Å²) in [6.45, 7) is 3.15. The minimum absolute atomic E-state index is 0. The van der Waals surface area contributed by atoms with Gasteiger partial charge in [0.15, 0.2) is 17.9 Å². The molecule has 3 aromatic rings. The number of carbonyl (C=O) groups is 3. The van der Waals surface area contributed by atoms with Crippen molar-refractivity contribution in [3.8, 4) is 17.2 Å². The highest BCUT2D eigenvalue weighted by molar-refractivity contribution is 6.31. The molecule has 11 nitrogen and oxygen atoms in total. The fourth-order valence-corrected chi connectivity index (χ4v) is 6.60. The zero-order valence-corrected chi connectivity index (χ0v) is 25.0. The third-order valence-corrected chi connectivity index (χ3v) is 8.97. The van der Waals surface area contributed by atoms with Gasteiger partial charge in [0.05, 0.1) is 48.7 Å². The smallest absolute Gasteiger partial charge is 0.202 e. The zero-order chi connectivity index (χ0) is 32.2. The first-order valence-electron chi connectivity index (χ1n) is 14.7. The maximum atomic E-state index is 13.8. The second kappa shape index (κ2) is 12.6. The van der Waals surface area contributed by atoms with Crippen molar-refractivity contribution in [1.82, 2.24) is 0 Å². The van der Waals surface area contributed by atoms with Gasteiger partial charge in [-0.05, 0) is 25.5 Å². The van der Waals surface area contributed by atoms with Crippen LogP contribution in [0.2, 0.25) is 0 Å². The van der Waals surface area contributed by atoms with E-state index in [2.05, 4.69) is 0 Å². The molecule has 4 unspecified atom stereocenters. The summed E-state index contributed by atoms with van der Waals surface area (Å²) in [7, 11) is 1.34. The Morgan fingerprint density at radius 2 is 1.70 bits per heavy atom. The van der Waals surface area contributed by atoms with Crippen molar-refractivity contribution >= 4 is 17.3 Å². The van der Waals surface area contributed by atoms with Crippen LogP contribution in [-0.2, 0) is 32.0 Å². The fourth-order valence-electron chi connectivity index (χ4n) is 6.60. The Hall–Kier alpha value is -4.13. The molecule has 0 saturated carbocycles. The standard InChI is InChI=1S/C34H34O11.CH4/c1-16-33(43-15-18-8-5-4-6-9-18)21(36)12-24(44-16)45-23-14-34(41,17(2)35)13-20-26(23)32(40)28-27(30(20)38)29(37)19-10-7-11-22(42-3)25(19)31(28)39;/h4-11,16,21,23-24,33,36,38,40-41H,12-15H2,1-3H3;1H4/t16?,21?,23-,24?,33?,34+;/m1./s1. The van der Waals surface area contributed by atoms with Gasteiger partial charge in [-0.1, -0.05) is 49.9 Å². The SMILES string of the molecule is C.COc1cccc2c1C(=O)c1c(O)c3c(c(O)c1C2=O)C[C@@](O)(C(C)=O)C[C@H]3OC1CC(O)C(OCc2ccccc2)C(C)O1. The van der Waals surface area contributed by atoms with Crippen LogP contribution in [0.4, 0.5) is 0 Å². The Kier molecular flexibility index (Phi) is 9.09. The molecule has 244 valence electrons. The number of ketones is 3. The molecule has 1 heterocycles. The van der Waals surface area contributed by atoms with Crippen molar-refractivity contribution < 1.29 is 53.8 Å². The summed E-state index contributed by atoms with van der Waals surface area (Å²) in [4.78, 5) is 40.1. The number of Topliss-reactive ketones (excluding diaryl/α,β-unsaturated/α-hetero) is 1. The van der Waals surface area contributed by atoms with Crippen molar-refractivity contribution in [2.75, 3.05) is 7.11 Å². The number of hydrogen-bond donors (Lipinski definition) is 4. The van der Waals surface area contributed by atoms with Gasteiger partial charge in [-0.3, -0.25) is 14.4 Å². The van der Waals surface area contributed by atoms with E-state index in [1.807, 2.05) is 30.3 Å². The van der Waals surface area contributed by atoms with Crippen LogP contribution < -0.4 is 4.74 Å². The zero-order valence-electron chi connectivity index (χ0n) is 25.0. The lowest BCUT2D eigenvalue weighted by Crippen LogP contribution is -2.50. The largest absolute Gasteiger partial charge is 0.507 e. The van der Waals surface area contributed by atoms with Crippen molar-refractivity contribution in [3.63, 3.8) is 0 Å². The van der Waals surface area contributed by atoms with Gasteiger partial charge < -0.3 is 39.4 Å². The van der Waals surface area contributed by atoms with E-state index in [0.717, 1.165) is 5.56 Å². The third-order valence-electron chi connectivity index (χ3n) is 8.97. The highest BCUT2D eigenvalue weighted by atomic mass is 16.7. The number of aliphatic hydroxyl groups excluding tert-OH is 1. The van der Waals surface area contributed by atoms with Crippen LogP contribution in [0.15, 0.2) is 48.5 Å². The van der Waals surface area contributed by atoms with Gasteiger partial charge in [-0.25, -0.2) is 0 Å². The molecule has 0 aromatic heterocycles. The molecule has 1 saturated heterocycles. The number of rotatable bonds is 7. The quantitative estimate of drug-likeness (QED) is 0.217. The lowest BCUT2D eigenvalue weighted by molar-refractivity contribution is -0.274. The lowest BCUT2D eigenvalue weighted by atomic mass is 9.72. The highest BCUT2D eigenvalue weighted by Gasteiger charge is 2.49. The second-order valence-corrected chi connectivity index (χ2v) is 11.8. The number of benzene rings is 3. The van der Waals surface area contributed by atoms with E-state index in [-0.39, 0.29) is 54.9 Å². The van der Waals surface area contributed by atoms with Crippen molar-refractivity contribution in [2.24, 2.45) is 0 Å². The number of phenols is 2. The summed E-state index contributed by atoms with van der Waals surface area (Å²) in [5.41, 5.74) is -2.19. The summed E-state index contributed by atoms with van der Waals surface area (Å²) >= 11 is 0. The van der Waals surface area contributed by atoms with Crippen LogP contribution in [0.1, 0.15) is 88.8 Å². The predicted octanol–water partition coefficient (Wildman–Crippen LogP) is 3.92. The van der Waals surface area contributed by atoms with Crippen LogP contribution in [0.5, 0.6) is 17.2 Å². The highest BCUT2D eigenvalue weighted by Crippen LogP contribution is 2.52. The van der Waals surface area contributed by atoms with Gasteiger partial charge in [-0.15, -0.1) is 0 Å². The number of aromatic hydroxyl groups is 2. The Bertz CT molecular complexity index is 1670. The Morgan fingerprint density at radius 1 is 1.00 bits per heavy atom. The Morgan fingerprint density at radius 3 is 2.35 bits per heavy atom. The van der Waals surface area contributed by atoms with Crippen LogP contribution in [-0.4, -0.2) is 75.1 Å². The minimum Gasteiger partial charge on any atom is -0.507 e. The average molecular weight is 635 g/mol. The van der Waals surface area contributed by atoms with Gasteiger partial charge in [-0.2, -0.15) is 0 Å². The third kappa shape index (κ3) is 5.48. The number of carbonyl (C=O) groups excluding carboxylic acids is 3. The fraction of sp³-hybridized carbons (Fsp3) is 0.400. The van der Waals surface area contributed by atoms with E-state index in [1.165, 1.54) is 32.2 Å². The van der Waals surface area contributed by atoms with Gasteiger partial charge in [0.25, 0.3) is 0 Å². The number of aliphatic hydroxyl groups is 2. The van der Waals surface area contributed by atoms with Crippen molar-refractivity contribution in [3.05, 3.63) is 87.5 Å². The number of methoxy groups -OCH3 is 1. The van der Waals surface area contributed by atoms with Crippen LogP contribution in [0.25, 0.3) is 0 Å². The van der Waals surface area contributed by atoms with Gasteiger partial charge >= 0.3 is 0 Å². The monoisotopic (exact) mass is 634 g/mol. The Balaban J connectivity index is 0.00000417. The molecule has 11 heteroatoms. The van der Waals surface area contributed by atoms with Crippen molar-refractivity contribution in [1.29, 1.82) is 0 Å². The molecule has 2 aliphatic carbocycles.